The lowest BCUT2D eigenvalue weighted by Gasteiger charge is -2.26. The van der Waals surface area contributed by atoms with E-state index >= 15 is 0 Å². The highest BCUT2D eigenvalue weighted by Crippen LogP contribution is 2.26. The topological polar surface area (TPSA) is 66.5 Å². The maximum atomic E-state index is 12.9. The van der Waals surface area contributed by atoms with E-state index in [1.165, 1.54) is 4.31 Å². The lowest BCUT2D eigenvalue weighted by atomic mass is 10.1. The molecule has 0 aromatic heterocycles. The van der Waals surface area contributed by atoms with Crippen molar-refractivity contribution in [3.63, 3.8) is 0 Å². The molecular formula is C19H21IN2O3S. The predicted molar refractivity (Wildman–Crippen MR) is 111 cm³/mol. The van der Waals surface area contributed by atoms with Gasteiger partial charge in [0.25, 0.3) is 5.91 Å². The summed E-state index contributed by atoms with van der Waals surface area (Å²) in [5.74, 6) is -0.245. The molecule has 3 rings (SSSR count). The summed E-state index contributed by atoms with van der Waals surface area (Å²) in [5.41, 5.74) is 1.91. The Morgan fingerprint density at radius 2 is 1.77 bits per heavy atom. The quantitative estimate of drug-likeness (QED) is 0.667. The van der Waals surface area contributed by atoms with E-state index in [0.29, 0.717) is 24.3 Å². The second kappa shape index (κ2) is 8.06. The molecular weight excluding hydrogens is 463 g/mol. The zero-order valence-electron chi connectivity index (χ0n) is 14.5. The van der Waals surface area contributed by atoms with Gasteiger partial charge in [0, 0.05) is 22.3 Å². The third kappa shape index (κ3) is 4.10. The van der Waals surface area contributed by atoms with Crippen LogP contribution in [-0.4, -0.2) is 31.7 Å². The van der Waals surface area contributed by atoms with Crippen LogP contribution in [0.25, 0.3) is 0 Å². The minimum absolute atomic E-state index is 0.225. The first-order chi connectivity index (χ1) is 12.4. The van der Waals surface area contributed by atoms with Crippen LogP contribution in [0.2, 0.25) is 0 Å². The number of anilines is 1. The van der Waals surface area contributed by atoms with Crippen LogP contribution < -0.4 is 5.32 Å². The van der Waals surface area contributed by atoms with E-state index in [-0.39, 0.29) is 10.8 Å². The molecule has 1 N–H and O–H groups in total. The molecule has 0 bridgehead atoms. The van der Waals surface area contributed by atoms with Crippen molar-refractivity contribution in [1.82, 2.24) is 4.31 Å². The normalized spacial score (nSPS) is 15.6. The molecule has 1 fully saturated rings. The molecule has 0 aliphatic carbocycles. The molecule has 0 unspecified atom stereocenters. The second-order valence-electron chi connectivity index (χ2n) is 6.38. The zero-order valence-corrected chi connectivity index (χ0v) is 17.5. The van der Waals surface area contributed by atoms with Gasteiger partial charge in [-0.15, -0.1) is 0 Å². The van der Waals surface area contributed by atoms with Crippen LogP contribution in [0.3, 0.4) is 0 Å². The lowest BCUT2D eigenvalue weighted by molar-refractivity contribution is 0.102. The average molecular weight is 484 g/mol. The van der Waals surface area contributed by atoms with Crippen LogP contribution in [0, 0.1) is 10.5 Å². The van der Waals surface area contributed by atoms with Crippen LogP contribution >= 0.6 is 22.6 Å². The smallest absolute Gasteiger partial charge is 0.256 e. The Balaban J connectivity index is 1.88. The summed E-state index contributed by atoms with van der Waals surface area (Å²) in [4.78, 5) is 12.8. The first-order valence-electron chi connectivity index (χ1n) is 8.56. The van der Waals surface area contributed by atoms with Crippen molar-refractivity contribution in [2.75, 3.05) is 18.4 Å². The highest BCUT2D eigenvalue weighted by molar-refractivity contribution is 14.1. The van der Waals surface area contributed by atoms with Gasteiger partial charge in [0.05, 0.1) is 10.5 Å². The molecule has 2 aromatic rings. The monoisotopic (exact) mass is 484 g/mol. The van der Waals surface area contributed by atoms with E-state index in [1.54, 1.807) is 30.3 Å². The van der Waals surface area contributed by atoms with Crippen molar-refractivity contribution in [3.8, 4) is 0 Å². The standard InChI is InChI=1S/C19H21IN2O3S/c1-14-9-10-15(26(24,25)22-11-5-2-6-12-22)13-18(14)21-19(23)16-7-3-4-8-17(16)20/h3-4,7-10,13H,2,5-6,11-12H2,1H3,(H,21,23). The van der Waals surface area contributed by atoms with Gasteiger partial charge >= 0.3 is 0 Å². The minimum Gasteiger partial charge on any atom is -0.322 e. The number of halogens is 1. The Hall–Kier alpha value is -1.45. The second-order valence-corrected chi connectivity index (χ2v) is 9.48. The number of piperidine rings is 1. The van der Waals surface area contributed by atoms with Gasteiger partial charge in [0.15, 0.2) is 0 Å². The SMILES string of the molecule is Cc1ccc(S(=O)(=O)N2CCCCC2)cc1NC(=O)c1ccccc1I. The van der Waals surface area contributed by atoms with Crippen molar-refractivity contribution < 1.29 is 13.2 Å². The number of nitrogens with zero attached hydrogens (tertiary/aromatic N) is 1. The zero-order chi connectivity index (χ0) is 18.7. The molecule has 0 saturated carbocycles. The molecule has 138 valence electrons. The first-order valence-corrected chi connectivity index (χ1v) is 11.1. The summed E-state index contributed by atoms with van der Waals surface area (Å²) in [6.07, 6.45) is 2.85. The van der Waals surface area contributed by atoms with Crippen LogP contribution in [0.1, 0.15) is 35.2 Å². The fourth-order valence-electron chi connectivity index (χ4n) is 2.99. The molecule has 1 saturated heterocycles. The predicted octanol–water partition coefficient (Wildman–Crippen LogP) is 4.03. The number of rotatable bonds is 4. The van der Waals surface area contributed by atoms with Gasteiger partial charge in [-0.05, 0) is 72.2 Å². The number of hydrogen-bond acceptors (Lipinski definition) is 3. The fraction of sp³-hybridized carbons (Fsp3) is 0.316. The van der Waals surface area contributed by atoms with Crippen molar-refractivity contribution in [1.29, 1.82) is 0 Å². The van der Waals surface area contributed by atoms with E-state index in [9.17, 15) is 13.2 Å². The summed E-state index contributed by atoms with van der Waals surface area (Å²) < 4.78 is 28.1. The van der Waals surface area contributed by atoms with E-state index < -0.39 is 10.0 Å². The number of hydrogen-bond donors (Lipinski definition) is 1. The van der Waals surface area contributed by atoms with Gasteiger partial charge in [-0.25, -0.2) is 8.42 Å². The van der Waals surface area contributed by atoms with Gasteiger partial charge in [0.1, 0.15) is 0 Å². The molecule has 0 atom stereocenters. The molecule has 5 nitrogen and oxygen atoms in total. The van der Waals surface area contributed by atoms with Crippen LogP contribution in [0.4, 0.5) is 5.69 Å². The summed E-state index contributed by atoms with van der Waals surface area (Å²) in [6.45, 7) is 2.96. The van der Waals surface area contributed by atoms with Crippen molar-refractivity contribution in [2.24, 2.45) is 0 Å². The Morgan fingerprint density at radius 3 is 2.46 bits per heavy atom. The number of benzene rings is 2. The van der Waals surface area contributed by atoms with E-state index in [4.69, 9.17) is 0 Å². The highest BCUT2D eigenvalue weighted by Gasteiger charge is 2.26. The Labute approximate surface area is 168 Å². The molecule has 1 heterocycles. The number of nitrogens with one attached hydrogen (secondary N) is 1. The third-order valence-corrected chi connectivity index (χ3v) is 7.36. The van der Waals surface area contributed by atoms with Crippen molar-refractivity contribution in [2.45, 2.75) is 31.1 Å². The number of aryl methyl sites for hydroxylation is 1. The van der Waals surface area contributed by atoms with E-state index in [0.717, 1.165) is 28.4 Å². The fourth-order valence-corrected chi connectivity index (χ4v) is 5.16. The van der Waals surface area contributed by atoms with Crippen molar-refractivity contribution in [3.05, 3.63) is 57.2 Å². The molecule has 0 spiro atoms. The van der Waals surface area contributed by atoms with E-state index in [1.807, 2.05) is 19.1 Å². The molecule has 1 amide bonds. The highest BCUT2D eigenvalue weighted by atomic mass is 127. The van der Waals surface area contributed by atoms with Gasteiger partial charge < -0.3 is 5.32 Å². The molecule has 26 heavy (non-hydrogen) atoms. The summed E-state index contributed by atoms with van der Waals surface area (Å²) in [7, 11) is -3.53. The van der Waals surface area contributed by atoms with Gasteiger partial charge in [-0.2, -0.15) is 4.31 Å². The number of carbonyl (C=O) groups excluding carboxylic acids is 1. The maximum absolute atomic E-state index is 12.9. The van der Waals surface area contributed by atoms with Crippen molar-refractivity contribution >= 4 is 44.2 Å². The lowest BCUT2D eigenvalue weighted by Crippen LogP contribution is -2.35. The summed E-state index contributed by atoms with van der Waals surface area (Å²) in [5, 5.41) is 2.86. The molecule has 1 aliphatic rings. The summed E-state index contributed by atoms with van der Waals surface area (Å²) in [6, 6.07) is 12.2. The number of amides is 1. The first kappa shape index (κ1) is 19.3. The maximum Gasteiger partial charge on any atom is 0.256 e. The molecule has 2 aromatic carbocycles. The molecule has 7 heteroatoms. The van der Waals surface area contributed by atoms with Gasteiger partial charge in [-0.3, -0.25) is 4.79 Å². The molecule has 0 radical (unpaired) electrons. The van der Waals surface area contributed by atoms with E-state index in [2.05, 4.69) is 27.9 Å². The molecule has 1 aliphatic heterocycles. The van der Waals surface area contributed by atoms with Gasteiger partial charge in [0.2, 0.25) is 10.0 Å². The third-order valence-electron chi connectivity index (χ3n) is 4.53. The number of sulfonamides is 1. The van der Waals surface area contributed by atoms with Crippen LogP contribution in [-0.2, 0) is 10.0 Å². The summed E-state index contributed by atoms with van der Waals surface area (Å²) >= 11 is 2.11. The Bertz CT molecular complexity index is 922. The minimum atomic E-state index is -3.53. The van der Waals surface area contributed by atoms with Crippen LogP contribution in [0.15, 0.2) is 47.4 Å². The average Bonchev–Trinajstić information content (AvgIpc) is 2.64. The Morgan fingerprint density at radius 1 is 1.08 bits per heavy atom. The Kier molecular flexibility index (Phi) is 5.99. The van der Waals surface area contributed by atoms with Gasteiger partial charge in [-0.1, -0.05) is 24.6 Å². The number of carbonyl (C=O) groups is 1. The van der Waals surface area contributed by atoms with Crippen LogP contribution in [0.5, 0.6) is 0 Å². The largest absolute Gasteiger partial charge is 0.322 e.